The first-order valence-electron chi connectivity index (χ1n) is 7.07. The van der Waals surface area contributed by atoms with Crippen molar-refractivity contribution in [3.8, 4) is 0 Å². The number of allylic oxidation sites excluding steroid dienone is 1. The van der Waals surface area contributed by atoms with E-state index in [1.807, 2.05) is 13.8 Å². The monoisotopic (exact) mass is 278 g/mol. The predicted molar refractivity (Wildman–Crippen MR) is 74.7 cm³/mol. The van der Waals surface area contributed by atoms with E-state index in [1.165, 1.54) is 7.11 Å². The lowest BCUT2D eigenvalue weighted by molar-refractivity contribution is -0.146. The molecule has 0 aromatic rings. The van der Waals surface area contributed by atoms with Crippen molar-refractivity contribution in [1.82, 2.24) is 0 Å². The van der Waals surface area contributed by atoms with E-state index in [0.717, 1.165) is 18.4 Å². The first-order valence-corrected chi connectivity index (χ1v) is 7.07. The van der Waals surface area contributed by atoms with Crippen molar-refractivity contribution in [3.05, 3.63) is 24.3 Å². The lowest BCUT2D eigenvalue weighted by atomic mass is 9.83. The van der Waals surface area contributed by atoms with E-state index in [9.17, 15) is 9.59 Å². The molecule has 5 atom stereocenters. The molecule has 0 aromatic carbocycles. The Morgan fingerprint density at radius 1 is 1.45 bits per heavy atom. The quantitative estimate of drug-likeness (QED) is 0.450. The largest absolute Gasteiger partial charge is 0.466 e. The van der Waals surface area contributed by atoms with Crippen molar-refractivity contribution in [2.24, 2.45) is 23.7 Å². The number of esters is 2. The zero-order valence-corrected chi connectivity index (χ0v) is 12.3. The molecule has 2 aliphatic rings. The summed E-state index contributed by atoms with van der Waals surface area (Å²) < 4.78 is 10.3. The number of carbonyl (C=O) groups is 2. The maximum atomic E-state index is 11.8. The fourth-order valence-corrected chi connectivity index (χ4v) is 3.53. The number of rotatable bonds is 4. The zero-order valence-electron chi connectivity index (χ0n) is 12.3. The van der Waals surface area contributed by atoms with E-state index in [0.29, 0.717) is 5.57 Å². The summed E-state index contributed by atoms with van der Waals surface area (Å²) >= 11 is 0. The fourth-order valence-electron chi connectivity index (χ4n) is 3.53. The van der Waals surface area contributed by atoms with Crippen molar-refractivity contribution in [1.29, 1.82) is 0 Å². The molecule has 110 valence electrons. The van der Waals surface area contributed by atoms with E-state index in [1.54, 1.807) is 0 Å². The van der Waals surface area contributed by atoms with Crippen LogP contribution in [-0.4, -0.2) is 25.2 Å². The summed E-state index contributed by atoms with van der Waals surface area (Å²) in [5.41, 5.74) is 1.47. The molecular weight excluding hydrogens is 256 g/mol. The second-order valence-electron chi connectivity index (χ2n) is 5.75. The lowest BCUT2D eigenvalue weighted by Gasteiger charge is -2.25. The molecule has 20 heavy (non-hydrogen) atoms. The second kappa shape index (κ2) is 5.43. The summed E-state index contributed by atoms with van der Waals surface area (Å²) in [5.74, 6) is -0.654. The van der Waals surface area contributed by atoms with Gasteiger partial charge in [-0.05, 0) is 18.8 Å². The Bertz CT molecular complexity index is 465. The van der Waals surface area contributed by atoms with E-state index >= 15 is 0 Å². The lowest BCUT2D eigenvalue weighted by Crippen LogP contribution is -2.28. The van der Waals surface area contributed by atoms with Crippen molar-refractivity contribution in [2.45, 2.75) is 32.8 Å². The molecule has 0 amide bonds. The molecular formula is C16H22O4. The minimum Gasteiger partial charge on any atom is -0.466 e. The summed E-state index contributed by atoms with van der Waals surface area (Å²) in [6.07, 6.45) is 1.40. The molecule has 1 aliphatic heterocycles. The Kier molecular flexibility index (Phi) is 4.02. The number of hydrogen-bond acceptors (Lipinski definition) is 4. The normalized spacial score (nSPS) is 35.4. The Morgan fingerprint density at radius 3 is 2.65 bits per heavy atom. The zero-order chi connectivity index (χ0) is 15.0. The van der Waals surface area contributed by atoms with Crippen LogP contribution in [0.25, 0.3) is 0 Å². The Hall–Kier alpha value is -1.58. The topological polar surface area (TPSA) is 52.6 Å². The summed E-state index contributed by atoms with van der Waals surface area (Å²) in [7, 11) is 1.34. The molecule has 1 aliphatic carbocycles. The first-order chi connectivity index (χ1) is 9.42. The molecule has 1 heterocycles. The minimum absolute atomic E-state index is 0.123. The van der Waals surface area contributed by atoms with E-state index in [2.05, 4.69) is 13.2 Å². The van der Waals surface area contributed by atoms with Crippen LogP contribution in [0, 0.1) is 23.7 Å². The highest BCUT2D eigenvalue weighted by molar-refractivity contribution is 5.89. The van der Waals surface area contributed by atoms with Gasteiger partial charge in [-0.15, -0.1) is 0 Å². The second-order valence-corrected chi connectivity index (χ2v) is 5.75. The van der Waals surface area contributed by atoms with Gasteiger partial charge in [0.25, 0.3) is 0 Å². The Labute approximate surface area is 119 Å². The molecule has 2 rings (SSSR count). The van der Waals surface area contributed by atoms with E-state index in [4.69, 9.17) is 9.47 Å². The third-order valence-electron chi connectivity index (χ3n) is 4.83. The molecule has 4 nitrogen and oxygen atoms in total. The molecule has 2 fully saturated rings. The maximum Gasteiger partial charge on any atom is 0.333 e. The van der Waals surface area contributed by atoms with Crippen LogP contribution in [0.3, 0.4) is 0 Å². The van der Waals surface area contributed by atoms with Crippen LogP contribution in [0.15, 0.2) is 24.3 Å². The highest BCUT2D eigenvalue weighted by Crippen LogP contribution is 2.51. The highest BCUT2D eigenvalue weighted by Gasteiger charge is 2.55. The number of carbonyl (C=O) groups excluding carboxylic acids is 2. The van der Waals surface area contributed by atoms with Crippen LogP contribution in [0.2, 0.25) is 0 Å². The SMILES string of the molecule is C=C(CC)C1C[C@@H]2[C@H](OC(=O)[C@H]2C)[C@H]1C(=C)C(=O)OC. The minimum atomic E-state index is -0.430. The molecule has 1 unspecified atom stereocenters. The van der Waals surface area contributed by atoms with E-state index in [-0.39, 0.29) is 35.7 Å². The Morgan fingerprint density at radius 2 is 2.10 bits per heavy atom. The van der Waals surface area contributed by atoms with Gasteiger partial charge in [0.15, 0.2) is 0 Å². The summed E-state index contributed by atoms with van der Waals surface area (Å²) in [4.78, 5) is 23.6. The molecule has 0 aromatic heterocycles. The van der Waals surface area contributed by atoms with Gasteiger partial charge < -0.3 is 9.47 Å². The van der Waals surface area contributed by atoms with Gasteiger partial charge in [0.2, 0.25) is 0 Å². The Balaban J connectivity index is 2.32. The summed E-state index contributed by atoms with van der Waals surface area (Å²) in [6.45, 7) is 11.9. The average Bonchev–Trinajstić information content (AvgIpc) is 2.94. The van der Waals surface area contributed by atoms with Gasteiger partial charge in [-0.25, -0.2) is 4.79 Å². The van der Waals surface area contributed by atoms with Gasteiger partial charge in [-0.3, -0.25) is 4.79 Å². The molecule has 0 spiro atoms. The van der Waals surface area contributed by atoms with Crippen molar-refractivity contribution in [3.63, 3.8) is 0 Å². The average molecular weight is 278 g/mol. The molecule has 1 saturated heterocycles. The third-order valence-corrected chi connectivity index (χ3v) is 4.83. The van der Waals surface area contributed by atoms with Gasteiger partial charge in [0.05, 0.1) is 13.0 Å². The standard InChI is InChI=1S/C16H22O4/c1-6-8(2)11-7-12-9(3)16(18)20-14(12)13(11)10(4)15(17)19-5/h9,11-14H,2,4,6-7H2,1,3,5H3/t9-,11?,12-,13-,14-/m0/s1. The van der Waals surface area contributed by atoms with Gasteiger partial charge in [0.1, 0.15) is 6.10 Å². The van der Waals surface area contributed by atoms with Crippen molar-refractivity contribution >= 4 is 11.9 Å². The molecule has 0 N–H and O–H groups in total. The van der Waals surface area contributed by atoms with Crippen LogP contribution in [0.1, 0.15) is 26.7 Å². The van der Waals surface area contributed by atoms with E-state index < -0.39 is 5.97 Å². The van der Waals surface area contributed by atoms with Crippen molar-refractivity contribution < 1.29 is 19.1 Å². The number of ether oxygens (including phenoxy) is 2. The van der Waals surface area contributed by atoms with Crippen LogP contribution < -0.4 is 0 Å². The predicted octanol–water partition coefficient (Wildman–Crippen LogP) is 2.50. The number of fused-ring (bicyclic) bond motifs is 1. The fraction of sp³-hybridized carbons (Fsp3) is 0.625. The smallest absolute Gasteiger partial charge is 0.333 e. The third kappa shape index (κ3) is 2.17. The molecule has 1 saturated carbocycles. The van der Waals surface area contributed by atoms with Crippen molar-refractivity contribution in [2.75, 3.05) is 7.11 Å². The summed E-state index contributed by atoms with van der Waals surface area (Å²) in [6, 6.07) is 0. The van der Waals surface area contributed by atoms with Crippen LogP contribution >= 0.6 is 0 Å². The molecule has 0 radical (unpaired) electrons. The maximum absolute atomic E-state index is 11.8. The van der Waals surface area contributed by atoms with Crippen LogP contribution in [0.4, 0.5) is 0 Å². The van der Waals surface area contributed by atoms with Gasteiger partial charge in [0, 0.05) is 17.4 Å². The number of hydrogen-bond donors (Lipinski definition) is 0. The highest BCUT2D eigenvalue weighted by atomic mass is 16.6. The van der Waals surface area contributed by atoms with Gasteiger partial charge in [-0.1, -0.05) is 32.6 Å². The summed E-state index contributed by atoms with van der Waals surface area (Å²) in [5, 5.41) is 0. The van der Waals surface area contributed by atoms with Gasteiger partial charge in [-0.2, -0.15) is 0 Å². The van der Waals surface area contributed by atoms with Crippen LogP contribution in [-0.2, 0) is 19.1 Å². The molecule has 0 bridgehead atoms. The molecule has 4 heteroatoms. The first kappa shape index (κ1) is 14.8. The van der Waals surface area contributed by atoms with Crippen LogP contribution in [0.5, 0.6) is 0 Å². The van der Waals surface area contributed by atoms with Gasteiger partial charge >= 0.3 is 11.9 Å². The number of methoxy groups -OCH3 is 1.